The third-order valence-corrected chi connectivity index (χ3v) is 30.0. The van der Waals surface area contributed by atoms with Crippen molar-refractivity contribution in [2.45, 2.75) is 0 Å². The molecule has 0 atom stereocenters. The zero-order chi connectivity index (χ0) is 96.0. The van der Waals surface area contributed by atoms with E-state index in [9.17, 15) is 0 Å². The fourth-order valence-electron chi connectivity index (χ4n) is 23.4. The molecule has 8 heteroatoms. The average molecular weight is 1860 g/mol. The van der Waals surface area contributed by atoms with Crippen LogP contribution in [0.25, 0.3) is 275 Å². The second-order valence-corrected chi connectivity index (χ2v) is 38.2. The van der Waals surface area contributed by atoms with E-state index in [-0.39, 0.29) is 0 Å². The Balaban J connectivity index is 0.000000104. The molecule has 0 N–H and O–H groups in total. The summed E-state index contributed by atoms with van der Waals surface area (Å²) in [5.74, 6) is 0.817. The van der Waals surface area contributed by atoms with Crippen molar-refractivity contribution in [2.24, 2.45) is 0 Å². The maximum Gasteiger partial charge on any atom is 0.165 e. The second kappa shape index (κ2) is 34.2. The molecule has 0 saturated carbocycles. The predicted octanol–water partition coefficient (Wildman–Crippen LogP) is 36.5. The van der Waals surface area contributed by atoms with E-state index in [0.29, 0.717) is 0 Å². The van der Waals surface area contributed by atoms with Gasteiger partial charge < -0.3 is 22.8 Å². The number of hydrogen-bond acceptors (Lipinski definition) is 2. The van der Waals surface area contributed by atoms with Gasteiger partial charge in [0.2, 0.25) is 0 Å². The van der Waals surface area contributed by atoms with Gasteiger partial charge in [-0.2, -0.15) is 0 Å². The van der Waals surface area contributed by atoms with Crippen LogP contribution in [0.2, 0.25) is 0 Å². The minimum absolute atomic E-state index is 0.817. The first-order valence-electron chi connectivity index (χ1n) is 50.1. The van der Waals surface area contributed by atoms with Gasteiger partial charge in [0.05, 0.1) is 77.2 Å². The third kappa shape index (κ3) is 13.6. The van der Waals surface area contributed by atoms with E-state index >= 15 is 0 Å². The van der Waals surface area contributed by atoms with Crippen LogP contribution in [0.3, 0.4) is 0 Å². The Morgan fingerprint density at radius 3 is 0.959 bits per heavy atom. The van der Waals surface area contributed by atoms with Crippen molar-refractivity contribution in [3.05, 3.63) is 534 Å². The Morgan fingerprint density at radius 2 is 0.445 bits per heavy atom. The summed E-state index contributed by atoms with van der Waals surface area (Å²) in [6.07, 6.45) is 0. The van der Waals surface area contributed by atoms with Gasteiger partial charge in [-0.1, -0.05) is 400 Å². The monoisotopic (exact) mass is 1860 g/mol. The third-order valence-electron chi connectivity index (χ3n) is 30.0. The highest BCUT2D eigenvalue weighted by atomic mass is 15.1. The Bertz CT molecular complexity index is 10700. The van der Waals surface area contributed by atoms with Gasteiger partial charge in [0.25, 0.3) is 0 Å². The number of rotatable bonds is 11. The Kier molecular flexibility index (Phi) is 19.5. The highest BCUT2D eigenvalue weighted by Crippen LogP contribution is 2.49. The first-order chi connectivity index (χ1) is 72.4. The van der Waals surface area contributed by atoms with E-state index in [0.717, 1.165) is 83.9 Å². The van der Waals surface area contributed by atoms with Crippen molar-refractivity contribution in [3.8, 4) is 90.0 Å². The van der Waals surface area contributed by atoms with Crippen molar-refractivity contribution in [2.75, 3.05) is 0 Å². The lowest BCUT2D eigenvalue weighted by Gasteiger charge is -2.15. The molecule has 146 heavy (non-hydrogen) atoms. The summed E-state index contributed by atoms with van der Waals surface area (Å²) in [5, 5.41) is 24.7. The van der Waals surface area contributed by atoms with Crippen LogP contribution in [0.15, 0.2) is 534 Å². The van der Waals surface area contributed by atoms with Crippen LogP contribution >= 0.6 is 0 Å². The van der Waals surface area contributed by atoms with Crippen LogP contribution in [0, 0.1) is 0 Å². The number of aromatic nitrogens is 8. The van der Waals surface area contributed by atoms with E-state index in [2.05, 4.69) is 561 Å². The summed E-state index contributed by atoms with van der Waals surface area (Å²) in [6.45, 7) is 0. The molecule has 7 heterocycles. The summed E-state index contributed by atoms with van der Waals surface area (Å²) >= 11 is 0. The molecule has 0 spiro atoms. The lowest BCUT2D eigenvalue weighted by Crippen LogP contribution is -2.04. The van der Waals surface area contributed by atoms with Crippen molar-refractivity contribution in [1.29, 1.82) is 0 Å². The van der Waals surface area contributed by atoms with Gasteiger partial charge in [-0.25, -0.2) is 9.97 Å². The lowest BCUT2D eigenvalue weighted by atomic mass is 9.94. The van der Waals surface area contributed by atoms with Crippen LogP contribution in [0.5, 0.6) is 0 Å². The molecule has 8 nitrogen and oxygen atoms in total. The van der Waals surface area contributed by atoms with Crippen LogP contribution in [0.4, 0.5) is 0 Å². The molecule has 0 amide bonds. The molecule has 0 aliphatic carbocycles. The smallest absolute Gasteiger partial charge is 0.165 e. The Hall–Kier alpha value is -19.5. The first kappa shape index (κ1) is 83.4. The fourth-order valence-corrected chi connectivity index (χ4v) is 23.4. The molecule has 0 aliphatic heterocycles. The normalized spacial score (nSPS) is 11.8. The maximum atomic E-state index is 5.48. The lowest BCUT2D eigenvalue weighted by molar-refractivity contribution is 1.08. The van der Waals surface area contributed by atoms with E-state index < -0.39 is 0 Å². The second-order valence-electron chi connectivity index (χ2n) is 38.2. The van der Waals surface area contributed by atoms with Gasteiger partial charge >= 0.3 is 0 Å². The average Bonchev–Trinajstić information content (AvgIpc) is 1.55. The molecule has 0 unspecified atom stereocenters. The molecule has 24 aromatic carbocycles. The summed E-state index contributed by atoms with van der Waals surface area (Å²) in [7, 11) is 0. The highest BCUT2D eigenvalue weighted by molar-refractivity contribution is 6.27. The van der Waals surface area contributed by atoms with Gasteiger partial charge in [-0.15, -0.1) is 0 Å². The topological polar surface area (TPSA) is 55.4 Å². The quantitative estimate of drug-likeness (QED) is 0.121. The van der Waals surface area contributed by atoms with Crippen LogP contribution in [-0.4, -0.2) is 37.4 Å². The summed E-state index contributed by atoms with van der Waals surface area (Å²) in [6, 6.07) is 193. The van der Waals surface area contributed by atoms with Gasteiger partial charge in [-0.3, -0.25) is 4.57 Å². The van der Waals surface area contributed by atoms with Gasteiger partial charge in [0.15, 0.2) is 5.82 Å². The van der Waals surface area contributed by atoms with E-state index in [1.54, 1.807) is 0 Å². The van der Waals surface area contributed by atoms with E-state index in [1.165, 1.54) is 191 Å². The number of para-hydroxylation sites is 6. The molecule has 31 aromatic rings. The highest BCUT2D eigenvalue weighted by Gasteiger charge is 2.28. The maximum absolute atomic E-state index is 5.48. The first-order valence-corrected chi connectivity index (χ1v) is 50.1. The van der Waals surface area contributed by atoms with E-state index in [1.807, 2.05) is 0 Å². The number of fused-ring (bicyclic) bond motifs is 26. The molecule has 31 rings (SSSR count). The Labute approximate surface area is 840 Å². The van der Waals surface area contributed by atoms with Crippen LogP contribution in [-0.2, 0) is 0 Å². The van der Waals surface area contributed by atoms with Gasteiger partial charge in [-0.05, 0) is 205 Å². The molecule has 0 bridgehead atoms. The zero-order valence-electron chi connectivity index (χ0n) is 79.4. The molecule has 0 aliphatic rings. The summed E-state index contributed by atoms with van der Waals surface area (Å²) in [5.41, 5.74) is 33.4. The van der Waals surface area contributed by atoms with Crippen molar-refractivity contribution in [1.82, 2.24) is 37.4 Å². The molecule has 0 fully saturated rings. The molecule has 7 aromatic heterocycles. The van der Waals surface area contributed by atoms with E-state index in [4.69, 9.17) is 9.97 Å². The molecular weight excluding hydrogens is 1770 g/mol. The zero-order valence-corrected chi connectivity index (χ0v) is 79.4. The minimum Gasteiger partial charge on any atom is -0.309 e. The van der Waals surface area contributed by atoms with Crippen molar-refractivity contribution < 1.29 is 0 Å². The molecular formula is C138H88N8. The fraction of sp³-hybridized carbons (Fsp3) is 0. The molecule has 0 radical (unpaired) electrons. The number of hydrogen-bond donors (Lipinski definition) is 0. The van der Waals surface area contributed by atoms with Gasteiger partial charge in [0, 0.05) is 115 Å². The number of benzene rings is 24. The number of nitrogens with zero attached hydrogens (tertiary/aromatic N) is 8. The summed E-state index contributed by atoms with van der Waals surface area (Å²) < 4.78 is 14.5. The molecule has 0 saturated heterocycles. The standard InChI is InChI=1S/C46H28N4.2C46H30N2/c1-3-15-31(16-4-1)43-46(47-39-26-24-29-13-7-9-19-33(29)44(39)48-43)50-40-22-12-11-21-35(40)37-27-38-36-25-23-30-14-8-10-20-34(30)45(36)49(41(38)28-42(37)50)32-17-5-2-6-18-32;1-3-13-31(14-4-1)37-19-9-10-20-38(37)32-23-25-36(26-24-32)47-43-22-12-11-21-39(43)41-29-42-40-27-33-15-7-8-16-34(33)28-44(40)48(46(42)30-45(41)47)35-17-5-2-6-18-35;1-3-12-31(13-4-1)32-22-24-33(25-23-32)35-15-11-18-37(28-35)47-43-21-10-9-20-39(43)41-29-42-40-27-26-34-14-7-8-19-38(34)46(40)48(45(42)30-44(41)47)36-16-5-2-6-17-36/h1-28H;2*1-30H. The van der Waals surface area contributed by atoms with Crippen molar-refractivity contribution >= 4 is 185 Å². The van der Waals surface area contributed by atoms with Gasteiger partial charge in [0.1, 0.15) is 5.69 Å². The largest absolute Gasteiger partial charge is 0.309 e. The minimum atomic E-state index is 0.817. The SMILES string of the molecule is c1ccc(-c2ccc(-c3cccc(-n4c5ccccc5c5cc6c7ccc8ccccc8c7n(-c7ccccc7)c6cc54)c3)cc2)cc1.c1ccc(-c2ccccc2-c2ccc(-n3c4ccccc4c4cc5c6cc7ccccc7cc6n(-c6ccccc6)c5cc43)cc2)cc1.c1ccc(-c2nc3c(ccc4ccccc43)nc2-n2c3ccccc3c3cc4c5ccc6ccccc6c5n(-c5ccccc5)c4cc32)cc1. The summed E-state index contributed by atoms with van der Waals surface area (Å²) in [4.78, 5) is 10.9. The van der Waals surface area contributed by atoms with Crippen LogP contribution < -0.4 is 0 Å². The predicted molar refractivity (Wildman–Crippen MR) is 616 cm³/mol. The van der Waals surface area contributed by atoms with Crippen molar-refractivity contribution in [3.63, 3.8) is 0 Å². The molecule has 680 valence electrons. The van der Waals surface area contributed by atoms with Crippen LogP contribution in [0.1, 0.15) is 0 Å². The Morgan fingerprint density at radius 1 is 0.137 bits per heavy atom.